The highest BCUT2D eigenvalue weighted by atomic mass is 15.3. The van der Waals surface area contributed by atoms with Crippen molar-refractivity contribution in [1.29, 1.82) is 0 Å². The topological polar surface area (TPSA) is 44.3 Å². The fraction of sp³-hybridized carbons (Fsp3) is 0.733. The first kappa shape index (κ1) is 15.2. The zero-order valence-corrected chi connectivity index (χ0v) is 13.1. The summed E-state index contributed by atoms with van der Waals surface area (Å²) < 4.78 is 0. The molecule has 1 aromatic rings. The second kappa shape index (κ2) is 6.99. The number of piperazine rings is 1. The van der Waals surface area contributed by atoms with Crippen molar-refractivity contribution in [3.63, 3.8) is 0 Å². The van der Waals surface area contributed by atoms with E-state index in [0.717, 1.165) is 44.2 Å². The van der Waals surface area contributed by atoms with Gasteiger partial charge in [-0.05, 0) is 13.8 Å². The van der Waals surface area contributed by atoms with Crippen LogP contribution in [0.2, 0.25) is 0 Å². The fourth-order valence-corrected chi connectivity index (χ4v) is 2.36. The molecule has 0 aliphatic carbocycles. The maximum Gasteiger partial charge on any atom is 0.225 e. The minimum Gasteiger partial charge on any atom is -0.338 e. The zero-order valence-electron chi connectivity index (χ0n) is 13.1. The molecule has 0 atom stereocenters. The third kappa shape index (κ3) is 4.15. The molecule has 0 radical (unpaired) electrons. The van der Waals surface area contributed by atoms with Crippen molar-refractivity contribution >= 4 is 5.95 Å². The molecule has 0 amide bonds. The summed E-state index contributed by atoms with van der Waals surface area (Å²) in [5.74, 6) is 0.863. The predicted molar refractivity (Wildman–Crippen MR) is 82.9 cm³/mol. The van der Waals surface area contributed by atoms with Crippen LogP contribution in [0.3, 0.4) is 0 Å². The molecule has 112 valence electrons. The average molecular weight is 277 g/mol. The summed E-state index contributed by atoms with van der Waals surface area (Å²) in [5, 5.41) is 3.38. The molecule has 0 spiro atoms. The number of nitrogens with zero attached hydrogens (tertiary/aromatic N) is 4. The van der Waals surface area contributed by atoms with Crippen LogP contribution in [0.25, 0.3) is 0 Å². The van der Waals surface area contributed by atoms with Crippen LogP contribution >= 0.6 is 0 Å². The molecular weight excluding hydrogens is 250 g/mol. The number of rotatable bonds is 5. The van der Waals surface area contributed by atoms with E-state index in [4.69, 9.17) is 0 Å². The first-order valence-electron chi connectivity index (χ1n) is 7.59. The normalized spacial score (nSPS) is 17.2. The van der Waals surface area contributed by atoms with Crippen molar-refractivity contribution in [3.8, 4) is 0 Å². The molecule has 0 aromatic carbocycles. The van der Waals surface area contributed by atoms with Crippen molar-refractivity contribution in [3.05, 3.63) is 18.0 Å². The van der Waals surface area contributed by atoms with E-state index in [2.05, 4.69) is 52.8 Å². The molecule has 1 aromatic heterocycles. The van der Waals surface area contributed by atoms with E-state index in [9.17, 15) is 0 Å². The lowest BCUT2D eigenvalue weighted by molar-refractivity contribution is 0.208. The summed E-state index contributed by atoms with van der Waals surface area (Å²) in [4.78, 5) is 13.8. The fourth-order valence-electron chi connectivity index (χ4n) is 2.36. The van der Waals surface area contributed by atoms with E-state index in [-0.39, 0.29) is 0 Å². The molecule has 5 nitrogen and oxygen atoms in total. The Balaban J connectivity index is 1.87. The maximum absolute atomic E-state index is 4.51. The number of aromatic nitrogens is 2. The molecule has 1 aliphatic heterocycles. The quantitative estimate of drug-likeness (QED) is 0.884. The standard InChI is InChI=1S/C15H27N5/c1-12(2)16-9-14-10-17-15(18-11-14)20-7-5-19(6-8-20)13(3)4/h10-13,16H,5-9H2,1-4H3. The Morgan fingerprint density at radius 1 is 1.05 bits per heavy atom. The van der Waals surface area contributed by atoms with Crippen molar-refractivity contribution in [2.75, 3.05) is 31.1 Å². The molecule has 2 rings (SSSR count). The smallest absolute Gasteiger partial charge is 0.225 e. The zero-order chi connectivity index (χ0) is 14.5. The van der Waals surface area contributed by atoms with Crippen molar-refractivity contribution in [2.45, 2.75) is 46.3 Å². The van der Waals surface area contributed by atoms with E-state index in [0.29, 0.717) is 12.1 Å². The summed E-state index contributed by atoms with van der Waals surface area (Å²) in [5.41, 5.74) is 1.14. The van der Waals surface area contributed by atoms with Crippen molar-refractivity contribution in [2.24, 2.45) is 0 Å². The van der Waals surface area contributed by atoms with Crippen LogP contribution in [-0.2, 0) is 6.54 Å². The van der Waals surface area contributed by atoms with Gasteiger partial charge in [0.15, 0.2) is 0 Å². The predicted octanol–water partition coefficient (Wildman–Crippen LogP) is 1.50. The molecular formula is C15H27N5. The first-order chi connectivity index (χ1) is 9.56. The molecule has 1 aliphatic rings. The Labute approximate surface area is 122 Å². The van der Waals surface area contributed by atoms with E-state index in [1.54, 1.807) is 0 Å². The summed E-state index contributed by atoms with van der Waals surface area (Å²) in [6.45, 7) is 13.8. The minimum atomic E-state index is 0.485. The van der Waals surface area contributed by atoms with Crippen LogP contribution < -0.4 is 10.2 Å². The largest absolute Gasteiger partial charge is 0.338 e. The Bertz CT molecular complexity index is 393. The average Bonchev–Trinajstić information content (AvgIpc) is 2.46. The van der Waals surface area contributed by atoms with Gasteiger partial charge >= 0.3 is 0 Å². The lowest BCUT2D eigenvalue weighted by Crippen LogP contribution is -2.49. The van der Waals surface area contributed by atoms with Crippen LogP contribution in [-0.4, -0.2) is 53.1 Å². The summed E-state index contributed by atoms with van der Waals surface area (Å²) in [7, 11) is 0. The van der Waals surface area contributed by atoms with Gasteiger partial charge in [0.05, 0.1) is 0 Å². The van der Waals surface area contributed by atoms with Gasteiger partial charge in [0.1, 0.15) is 0 Å². The summed E-state index contributed by atoms with van der Waals surface area (Å²) in [6, 6.07) is 1.11. The van der Waals surface area contributed by atoms with Gasteiger partial charge in [0.25, 0.3) is 0 Å². The molecule has 1 saturated heterocycles. The number of hydrogen-bond acceptors (Lipinski definition) is 5. The number of anilines is 1. The second-order valence-electron chi connectivity index (χ2n) is 6.04. The summed E-state index contributed by atoms with van der Waals surface area (Å²) in [6.07, 6.45) is 3.87. The lowest BCUT2D eigenvalue weighted by Gasteiger charge is -2.36. The molecule has 20 heavy (non-hydrogen) atoms. The van der Waals surface area contributed by atoms with Gasteiger partial charge in [-0.15, -0.1) is 0 Å². The van der Waals surface area contributed by atoms with Crippen LogP contribution in [0.5, 0.6) is 0 Å². The molecule has 0 saturated carbocycles. The van der Waals surface area contributed by atoms with Crippen LogP contribution in [0.15, 0.2) is 12.4 Å². The van der Waals surface area contributed by atoms with E-state index < -0.39 is 0 Å². The first-order valence-corrected chi connectivity index (χ1v) is 7.59. The highest BCUT2D eigenvalue weighted by molar-refractivity contribution is 5.30. The molecule has 1 fully saturated rings. The molecule has 0 unspecified atom stereocenters. The maximum atomic E-state index is 4.51. The Morgan fingerprint density at radius 3 is 2.15 bits per heavy atom. The summed E-state index contributed by atoms with van der Waals surface area (Å²) >= 11 is 0. The lowest BCUT2D eigenvalue weighted by atomic mass is 10.2. The van der Waals surface area contributed by atoms with Gasteiger partial charge in [0.2, 0.25) is 5.95 Å². The Hall–Kier alpha value is -1.20. The van der Waals surface area contributed by atoms with E-state index in [1.807, 2.05) is 12.4 Å². The molecule has 0 bridgehead atoms. The van der Waals surface area contributed by atoms with Crippen molar-refractivity contribution in [1.82, 2.24) is 20.2 Å². The highest BCUT2D eigenvalue weighted by Gasteiger charge is 2.20. The van der Waals surface area contributed by atoms with Gasteiger partial charge in [-0.2, -0.15) is 0 Å². The van der Waals surface area contributed by atoms with Gasteiger partial charge in [-0.25, -0.2) is 9.97 Å². The highest BCUT2D eigenvalue weighted by Crippen LogP contribution is 2.12. The minimum absolute atomic E-state index is 0.485. The second-order valence-corrected chi connectivity index (χ2v) is 6.04. The molecule has 2 heterocycles. The van der Waals surface area contributed by atoms with Gasteiger partial charge in [-0.3, -0.25) is 4.90 Å². The van der Waals surface area contributed by atoms with Gasteiger partial charge < -0.3 is 10.2 Å². The Morgan fingerprint density at radius 2 is 1.65 bits per heavy atom. The molecule has 1 N–H and O–H groups in total. The molecule has 5 heteroatoms. The van der Waals surface area contributed by atoms with Gasteiger partial charge in [-0.1, -0.05) is 13.8 Å². The third-order valence-corrected chi connectivity index (χ3v) is 3.73. The van der Waals surface area contributed by atoms with E-state index in [1.165, 1.54) is 0 Å². The van der Waals surface area contributed by atoms with E-state index >= 15 is 0 Å². The van der Waals surface area contributed by atoms with Crippen molar-refractivity contribution < 1.29 is 0 Å². The van der Waals surface area contributed by atoms with Crippen LogP contribution in [0.1, 0.15) is 33.3 Å². The van der Waals surface area contributed by atoms with Crippen LogP contribution in [0.4, 0.5) is 5.95 Å². The number of hydrogen-bond donors (Lipinski definition) is 1. The Kier molecular flexibility index (Phi) is 5.31. The monoisotopic (exact) mass is 277 g/mol. The van der Waals surface area contributed by atoms with Gasteiger partial charge in [0, 0.05) is 62.8 Å². The third-order valence-electron chi connectivity index (χ3n) is 3.73. The van der Waals surface area contributed by atoms with Crippen LogP contribution in [0, 0.1) is 0 Å². The SMILES string of the molecule is CC(C)NCc1cnc(N2CCN(C(C)C)CC2)nc1. The number of nitrogens with one attached hydrogen (secondary N) is 1.